The Kier molecular flexibility index (Phi) is 5.62. The van der Waals surface area contributed by atoms with E-state index < -0.39 is 9.84 Å². The van der Waals surface area contributed by atoms with Crippen molar-refractivity contribution in [1.82, 2.24) is 4.98 Å². The largest absolute Gasteiger partial charge is 0.368 e. The van der Waals surface area contributed by atoms with Gasteiger partial charge >= 0.3 is 0 Å². The van der Waals surface area contributed by atoms with Crippen LogP contribution in [-0.4, -0.2) is 32.1 Å². The van der Waals surface area contributed by atoms with Gasteiger partial charge in [-0.2, -0.15) is 0 Å². The summed E-state index contributed by atoms with van der Waals surface area (Å²) in [4.78, 5) is 4.35. The molecular formula is C13H21ClN2O2S. The SMILES string of the molecule is CCC(CC)(CCl)CNc1ncccc1S(C)(=O)=O. The first-order chi connectivity index (χ1) is 8.88. The number of pyridine rings is 1. The van der Waals surface area contributed by atoms with Crippen LogP contribution in [0.3, 0.4) is 0 Å². The average molecular weight is 305 g/mol. The smallest absolute Gasteiger partial charge is 0.179 e. The Balaban J connectivity index is 2.96. The fourth-order valence-corrected chi connectivity index (χ4v) is 3.10. The maximum Gasteiger partial charge on any atom is 0.179 e. The minimum atomic E-state index is -3.28. The molecule has 1 N–H and O–H groups in total. The fourth-order valence-electron chi connectivity index (χ4n) is 1.83. The number of sulfone groups is 1. The van der Waals surface area contributed by atoms with E-state index in [1.807, 2.05) is 0 Å². The number of hydrogen-bond donors (Lipinski definition) is 1. The van der Waals surface area contributed by atoms with Crippen LogP contribution in [0.1, 0.15) is 26.7 Å². The number of rotatable bonds is 7. The molecule has 0 atom stereocenters. The summed E-state index contributed by atoms with van der Waals surface area (Å²) in [6.45, 7) is 4.79. The van der Waals surface area contributed by atoms with Crippen molar-refractivity contribution in [3.05, 3.63) is 18.3 Å². The Morgan fingerprint density at radius 3 is 2.47 bits per heavy atom. The number of aromatic nitrogens is 1. The van der Waals surface area contributed by atoms with Crippen molar-refractivity contribution in [2.24, 2.45) is 5.41 Å². The minimum Gasteiger partial charge on any atom is -0.368 e. The van der Waals surface area contributed by atoms with Crippen molar-refractivity contribution in [2.45, 2.75) is 31.6 Å². The van der Waals surface area contributed by atoms with Crippen molar-refractivity contribution < 1.29 is 8.42 Å². The van der Waals surface area contributed by atoms with E-state index in [0.29, 0.717) is 18.2 Å². The highest BCUT2D eigenvalue weighted by Gasteiger charge is 2.26. The summed E-state index contributed by atoms with van der Waals surface area (Å²) < 4.78 is 23.4. The van der Waals surface area contributed by atoms with E-state index in [4.69, 9.17) is 11.6 Å². The predicted octanol–water partition coefficient (Wildman–Crippen LogP) is 2.94. The summed E-state index contributed by atoms with van der Waals surface area (Å²) in [7, 11) is -3.28. The zero-order valence-electron chi connectivity index (χ0n) is 11.6. The molecule has 0 unspecified atom stereocenters. The van der Waals surface area contributed by atoms with Crippen LogP contribution in [0.2, 0.25) is 0 Å². The maximum absolute atomic E-state index is 11.7. The van der Waals surface area contributed by atoms with Crippen molar-refractivity contribution in [1.29, 1.82) is 0 Å². The first-order valence-corrected chi connectivity index (χ1v) is 8.76. The highest BCUT2D eigenvalue weighted by molar-refractivity contribution is 7.90. The molecule has 0 aliphatic rings. The van der Waals surface area contributed by atoms with Crippen LogP contribution in [0.4, 0.5) is 5.82 Å². The third-order valence-electron chi connectivity index (χ3n) is 3.58. The zero-order chi connectivity index (χ0) is 14.5. The maximum atomic E-state index is 11.7. The standard InChI is InChI=1S/C13H21ClN2O2S/c1-4-13(5-2,9-14)10-16-12-11(19(3,17)18)7-6-8-15-12/h6-8H,4-5,9-10H2,1-3H3,(H,15,16). The minimum absolute atomic E-state index is 0.0339. The van der Waals surface area contributed by atoms with E-state index in [2.05, 4.69) is 24.1 Å². The van der Waals surface area contributed by atoms with E-state index in [-0.39, 0.29) is 10.3 Å². The number of alkyl halides is 1. The Morgan fingerprint density at radius 2 is 2.00 bits per heavy atom. The van der Waals surface area contributed by atoms with Crippen molar-refractivity contribution >= 4 is 27.3 Å². The fraction of sp³-hybridized carbons (Fsp3) is 0.615. The van der Waals surface area contributed by atoms with Crippen LogP contribution in [0.25, 0.3) is 0 Å². The van der Waals surface area contributed by atoms with Gasteiger partial charge in [0, 0.05) is 30.3 Å². The van der Waals surface area contributed by atoms with Gasteiger partial charge in [0.15, 0.2) is 9.84 Å². The molecule has 1 aromatic heterocycles. The summed E-state index contributed by atoms with van der Waals surface area (Å²) >= 11 is 6.04. The van der Waals surface area contributed by atoms with Gasteiger partial charge < -0.3 is 5.32 Å². The molecule has 1 rings (SSSR count). The summed E-state index contributed by atoms with van der Waals surface area (Å²) in [6.07, 6.45) is 4.63. The molecule has 0 spiro atoms. The topological polar surface area (TPSA) is 59.1 Å². The molecule has 4 nitrogen and oxygen atoms in total. The third kappa shape index (κ3) is 4.08. The van der Waals surface area contributed by atoms with Gasteiger partial charge in [-0.15, -0.1) is 11.6 Å². The van der Waals surface area contributed by atoms with Crippen LogP contribution in [-0.2, 0) is 9.84 Å². The molecule has 0 radical (unpaired) electrons. The second kappa shape index (κ2) is 6.57. The quantitative estimate of drug-likeness (QED) is 0.787. The summed E-state index contributed by atoms with van der Waals surface area (Å²) in [5.74, 6) is 0.940. The van der Waals surface area contributed by atoms with Gasteiger partial charge in [-0.3, -0.25) is 0 Å². The van der Waals surface area contributed by atoms with Crippen LogP contribution in [0.5, 0.6) is 0 Å². The zero-order valence-corrected chi connectivity index (χ0v) is 13.2. The lowest BCUT2D eigenvalue weighted by Gasteiger charge is -2.29. The van der Waals surface area contributed by atoms with Gasteiger partial charge in [-0.05, 0) is 25.0 Å². The molecule has 108 valence electrons. The normalized spacial score (nSPS) is 12.4. The van der Waals surface area contributed by atoms with Crippen molar-refractivity contribution in [2.75, 3.05) is 24.0 Å². The monoisotopic (exact) mass is 304 g/mol. The van der Waals surface area contributed by atoms with Crippen molar-refractivity contribution in [3.8, 4) is 0 Å². The molecule has 0 aliphatic heterocycles. The highest BCUT2D eigenvalue weighted by atomic mass is 35.5. The predicted molar refractivity (Wildman–Crippen MR) is 79.6 cm³/mol. The third-order valence-corrected chi connectivity index (χ3v) is 5.28. The lowest BCUT2D eigenvalue weighted by molar-refractivity contribution is 0.326. The molecule has 0 saturated heterocycles. The van der Waals surface area contributed by atoms with Crippen LogP contribution in [0.15, 0.2) is 23.2 Å². The number of hydrogen-bond acceptors (Lipinski definition) is 4. The molecule has 0 aromatic carbocycles. The number of halogens is 1. The molecule has 0 saturated carbocycles. The Labute approximate surface area is 120 Å². The first-order valence-electron chi connectivity index (χ1n) is 6.33. The van der Waals surface area contributed by atoms with E-state index in [0.717, 1.165) is 12.8 Å². The summed E-state index contributed by atoms with van der Waals surface area (Å²) in [5, 5.41) is 3.14. The average Bonchev–Trinajstić information content (AvgIpc) is 2.40. The molecule has 1 aromatic rings. The van der Waals surface area contributed by atoms with E-state index in [1.54, 1.807) is 18.3 Å². The molecule has 0 fully saturated rings. The van der Waals surface area contributed by atoms with Gasteiger partial charge in [0.05, 0.1) is 0 Å². The molecule has 19 heavy (non-hydrogen) atoms. The molecule has 6 heteroatoms. The molecule has 1 heterocycles. The lowest BCUT2D eigenvalue weighted by atomic mass is 9.84. The van der Waals surface area contributed by atoms with Gasteiger partial charge in [0.2, 0.25) is 0 Å². The molecule has 0 bridgehead atoms. The number of anilines is 1. The van der Waals surface area contributed by atoms with Gasteiger partial charge in [0.1, 0.15) is 10.7 Å². The van der Waals surface area contributed by atoms with Gasteiger partial charge in [-0.1, -0.05) is 13.8 Å². The molecule has 0 aliphatic carbocycles. The van der Waals surface area contributed by atoms with Crippen LogP contribution in [0, 0.1) is 5.41 Å². The first kappa shape index (κ1) is 16.2. The Morgan fingerprint density at radius 1 is 1.37 bits per heavy atom. The van der Waals surface area contributed by atoms with E-state index in [9.17, 15) is 8.42 Å². The Hall–Kier alpha value is -0.810. The van der Waals surface area contributed by atoms with Crippen molar-refractivity contribution in [3.63, 3.8) is 0 Å². The van der Waals surface area contributed by atoms with Gasteiger partial charge in [0.25, 0.3) is 0 Å². The summed E-state index contributed by atoms with van der Waals surface area (Å²) in [6, 6.07) is 3.18. The number of nitrogens with one attached hydrogen (secondary N) is 1. The van der Waals surface area contributed by atoms with Crippen LogP contribution >= 0.6 is 11.6 Å². The van der Waals surface area contributed by atoms with E-state index in [1.165, 1.54) is 6.26 Å². The van der Waals surface area contributed by atoms with E-state index >= 15 is 0 Å². The second-order valence-corrected chi connectivity index (χ2v) is 7.07. The lowest BCUT2D eigenvalue weighted by Crippen LogP contribution is -2.31. The highest BCUT2D eigenvalue weighted by Crippen LogP contribution is 2.29. The second-order valence-electron chi connectivity index (χ2n) is 4.82. The van der Waals surface area contributed by atoms with Gasteiger partial charge in [-0.25, -0.2) is 13.4 Å². The molecule has 0 amide bonds. The Bertz CT molecular complexity index is 505. The van der Waals surface area contributed by atoms with Crippen LogP contribution < -0.4 is 5.32 Å². The molecular weight excluding hydrogens is 284 g/mol. The number of nitrogens with zero attached hydrogens (tertiary/aromatic N) is 1. The summed E-state index contributed by atoms with van der Waals surface area (Å²) in [5.41, 5.74) is -0.0339.